The Morgan fingerprint density at radius 3 is 2.87 bits per heavy atom. The zero-order valence-electron chi connectivity index (χ0n) is 13.7. The number of ether oxygens (including phenoxy) is 1. The largest absolute Gasteiger partial charge is 0.505 e. The van der Waals surface area contributed by atoms with Gasteiger partial charge in [-0.3, -0.25) is 4.79 Å². The Balaban J connectivity index is 1.84. The molecule has 3 nitrogen and oxygen atoms in total. The molecule has 1 N–H and O–H groups in total. The molecule has 0 aliphatic heterocycles. The second-order valence-corrected chi connectivity index (χ2v) is 6.90. The molecule has 0 saturated carbocycles. The fourth-order valence-corrected chi connectivity index (χ4v) is 4.83. The van der Waals surface area contributed by atoms with Gasteiger partial charge in [-0.25, -0.2) is 0 Å². The van der Waals surface area contributed by atoms with Crippen LogP contribution >= 0.6 is 0 Å². The van der Waals surface area contributed by atoms with E-state index in [4.69, 9.17) is 4.74 Å². The normalized spacial score (nSPS) is 28.9. The molecule has 0 spiro atoms. The molecule has 0 radical (unpaired) electrons. The molecule has 3 aliphatic rings. The molecule has 3 aliphatic carbocycles. The molecule has 0 saturated heterocycles. The van der Waals surface area contributed by atoms with Gasteiger partial charge in [-0.2, -0.15) is 0 Å². The summed E-state index contributed by atoms with van der Waals surface area (Å²) in [4.78, 5) is 12.5. The van der Waals surface area contributed by atoms with Crippen molar-refractivity contribution in [1.82, 2.24) is 0 Å². The van der Waals surface area contributed by atoms with Gasteiger partial charge in [-0.15, -0.1) is 0 Å². The number of allylic oxidation sites excluding steroid dienone is 4. The van der Waals surface area contributed by atoms with Gasteiger partial charge in [0.15, 0.2) is 5.76 Å². The van der Waals surface area contributed by atoms with Crippen LogP contribution in [-0.2, 0) is 11.2 Å². The monoisotopic (exact) mass is 310 g/mol. The third-order valence-electron chi connectivity index (χ3n) is 6.12. The van der Waals surface area contributed by atoms with Crippen molar-refractivity contribution >= 4 is 11.4 Å². The van der Waals surface area contributed by atoms with Gasteiger partial charge in [-0.05, 0) is 67.0 Å². The van der Waals surface area contributed by atoms with Crippen LogP contribution in [-0.4, -0.2) is 18.0 Å². The molecule has 1 aromatic rings. The van der Waals surface area contributed by atoms with E-state index >= 15 is 0 Å². The topological polar surface area (TPSA) is 46.5 Å². The Morgan fingerprint density at radius 1 is 1.30 bits per heavy atom. The maximum atomic E-state index is 12.5. The van der Waals surface area contributed by atoms with Crippen molar-refractivity contribution in [2.75, 3.05) is 7.11 Å². The highest BCUT2D eigenvalue weighted by Gasteiger charge is 2.53. The van der Waals surface area contributed by atoms with Gasteiger partial charge in [0.25, 0.3) is 0 Å². The van der Waals surface area contributed by atoms with E-state index in [1.807, 2.05) is 12.1 Å². The molecule has 0 bridgehead atoms. The van der Waals surface area contributed by atoms with E-state index in [9.17, 15) is 9.90 Å². The first kappa shape index (κ1) is 14.6. The number of aliphatic hydroxyl groups excluding tert-OH is 1. The number of rotatable bonds is 2. The summed E-state index contributed by atoms with van der Waals surface area (Å²) in [6.45, 7) is 2.07. The highest BCUT2D eigenvalue weighted by Crippen LogP contribution is 2.57. The van der Waals surface area contributed by atoms with Crippen molar-refractivity contribution in [3.8, 4) is 5.75 Å². The van der Waals surface area contributed by atoms with E-state index < -0.39 is 5.41 Å². The molecular formula is C20H22O3. The molecule has 2 atom stereocenters. The molecular weight excluding hydrogens is 288 g/mol. The number of carbonyl (C=O) groups is 1. The average Bonchev–Trinajstić information content (AvgIpc) is 2.85. The van der Waals surface area contributed by atoms with Crippen molar-refractivity contribution in [1.29, 1.82) is 0 Å². The van der Waals surface area contributed by atoms with Crippen LogP contribution in [0.2, 0.25) is 0 Å². The fraction of sp³-hybridized carbons (Fsp3) is 0.450. The molecule has 4 rings (SSSR count). The summed E-state index contributed by atoms with van der Waals surface area (Å²) in [7, 11) is 1.70. The summed E-state index contributed by atoms with van der Waals surface area (Å²) in [6, 6.07) is 6.30. The second kappa shape index (κ2) is 4.98. The lowest BCUT2D eigenvalue weighted by molar-refractivity contribution is -0.128. The summed E-state index contributed by atoms with van der Waals surface area (Å²) >= 11 is 0. The number of methoxy groups -OCH3 is 1. The molecule has 23 heavy (non-hydrogen) atoms. The Kier molecular flexibility index (Phi) is 3.15. The average molecular weight is 310 g/mol. The Bertz CT molecular complexity index is 756. The second-order valence-electron chi connectivity index (χ2n) is 6.90. The number of Topliss-reactive ketones (excluding diaryl/α,β-unsaturated/α-hetero) is 1. The number of hydrogen-bond acceptors (Lipinski definition) is 3. The fourth-order valence-electron chi connectivity index (χ4n) is 4.83. The molecule has 0 amide bonds. The van der Waals surface area contributed by atoms with E-state index in [-0.39, 0.29) is 17.5 Å². The first-order chi connectivity index (χ1) is 11.1. The smallest absolute Gasteiger partial charge is 0.203 e. The minimum absolute atomic E-state index is 0.0221. The predicted octanol–water partition coefficient (Wildman–Crippen LogP) is 4.23. The van der Waals surface area contributed by atoms with E-state index in [0.717, 1.165) is 37.9 Å². The molecule has 0 fully saturated rings. The van der Waals surface area contributed by atoms with Crippen molar-refractivity contribution in [2.24, 2.45) is 11.3 Å². The third kappa shape index (κ3) is 1.85. The van der Waals surface area contributed by atoms with Gasteiger partial charge in [0.05, 0.1) is 7.11 Å². The molecule has 0 unspecified atom stereocenters. The van der Waals surface area contributed by atoms with Crippen LogP contribution in [0.5, 0.6) is 5.75 Å². The predicted molar refractivity (Wildman–Crippen MR) is 89.4 cm³/mol. The van der Waals surface area contributed by atoms with Crippen LogP contribution in [0.1, 0.15) is 43.7 Å². The van der Waals surface area contributed by atoms with Crippen LogP contribution in [0, 0.1) is 11.3 Å². The van der Waals surface area contributed by atoms with Crippen LogP contribution in [0.25, 0.3) is 5.57 Å². The van der Waals surface area contributed by atoms with Crippen LogP contribution in [0.15, 0.2) is 35.6 Å². The van der Waals surface area contributed by atoms with Crippen LogP contribution in [0.3, 0.4) is 0 Å². The number of ketones is 1. The van der Waals surface area contributed by atoms with E-state index in [0.29, 0.717) is 0 Å². The molecule has 120 valence electrons. The lowest BCUT2D eigenvalue weighted by Gasteiger charge is -2.42. The lowest BCUT2D eigenvalue weighted by Crippen LogP contribution is -2.38. The summed E-state index contributed by atoms with van der Waals surface area (Å²) in [5.41, 5.74) is 5.01. The van der Waals surface area contributed by atoms with E-state index in [2.05, 4.69) is 19.1 Å². The summed E-state index contributed by atoms with van der Waals surface area (Å²) in [5, 5.41) is 10.1. The molecule has 0 heterocycles. The SMILES string of the molecule is CC[C@]12CCC3=C(CCc4cc(OC)ccc43)[C@H]1C=C(O)C2=O. The van der Waals surface area contributed by atoms with Crippen molar-refractivity contribution in [3.63, 3.8) is 0 Å². The van der Waals surface area contributed by atoms with Crippen molar-refractivity contribution in [2.45, 2.75) is 39.0 Å². The maximum absolute atomic E-state index is 12.5. The van der Waals surface area contributed by atoms with Gasteiger partial charge in [0.1, 0.15) is 5.75 Å². The quantitative estimate of drug-likeness (QED) is 0.889. The number of fused-ring (bicyclic) bond motifs is 4. The maximum Gasteiger partial charge on any atom is 0.203 e. The molecule has 3 heteroatoms. The summed E-state index contributed by atoms with van der Waals surface area (Å²) in [6.07, 6.45) is 6.31. The Morgan fingerprint density at radius 2 is 2.13 bits per heavy atom. The van der Waals surface area contributed by atoms with Gasteiger partial charge in [-0.1, -0.05) is 18.6 Å². The standard InChI is InChI=1S/C20H22O3/c1-3-20-9-8-15-14-7-5-13(23-2)10-12(14)4-6-16(15)17(20)11-18(21)19(20)22/h5,7,10-11,17,21H,3-4,6,8-9H2,1-2H3/t17-,20+/m1/s1. The Hall–Kier alpha value is -2.03. The zero-order chi connectivity index (χ0) is 16.2. The number of hydrogen-bond donors (Lipinski definition) is 1. The third-order valence-corrected chi connectivity index (χ3v) is 6.12. The minimum Gasteiger partial charge on any atom is -0.505 e. The Labute approximate surface area is 136 Å². The minimum atomic E-state index is -0.396. The van der Waals surface area contributed by atoms with E-state index in [1.54, 1.807) is 7.11 Å². The van der Waals surface area contributed by atoms with Gasteiger partial charge >= 0.3 is 0 Å². The summed E-state index contributed by atoms with van der Waals surface area (Å²) < 4.78 is 5.34. The summed E-state index contributed by atoms with van der Waals surface area (Å²) in [5.74, 6) is 0.919. The van der Waals surface area contributed by atoms with Crippen LogP contribution < -0.4 is 4.74 Å². The van der Waals surface area contributed by atoms with Gasteiger partial charge in [0, 0.05) is 11.3 Å². The highest BCUT2D eigenvalue weighted by atomic mass is 16.5. The zero-order valence-corrected chi connectivity index (χ0v) is 13.7. The van der Waals surface area contributed by atoms with Gasteiger partial charge < -0.3 is 9.84 Å². The van der Waals surface area contributed by atoms with Crippen LogP contribution in [0.4, 0.5) is 0 Å². The first-order valence-corrected chi connectivity index (χ1v) is 8.45. The van der Waals surface area contributed by atoms with Crippen molar-refractivity contribution < 1.29 is 14.6 Å². The number of aliphatic hydroxyl groups is 1. The van der Waals surface area contributed by atoms with E-state index in [1.165, 1.54) is 22.3 Å². The van der Waals surface area contributed by atoms with Crippen molar-refractivity contribution in [3.05, 3.63) is 46.7 Å². The number of aryl methyl sites for hydroxylation is 1. The molecule has 0 aromatic heterocycles. The molecule has 1 aromatic carbocycles. The van der Waals surface area contributed by atoms with Gasteiger partial charge in [0.2, 0.25) is 5.78 Å². The first-order valence-electron chi connectivity index (χ1n) is 8.45. The number of benzene rings is 1. The highest BCUT2D eigenvalue weighted by molar-refractivity contribution is 6.02. The number of carbonyl (C=O) groups excluding carboxylic acids is 1. The lowest BCUT2D eigenvalue weighted by atomic mass is 9.60.